The Bertz CT molecular complexity index is 579. The van der Waals surface area contributed by atoms with E-state index in [4.69, 9.17) is 11.6 Å². The number of carbonyl (C=O) groups excluding carboxylic acids is 1. The lowest BCUT2D eigenvalue weighted by molar-refractivity contribution is -0.112. The van der Waals surface area contributed by atoms with Crippen molar-refractivity contribution in [3.8, 4) is 0 Å². The van der Waals surface area contributed by atoms with Crippen molar-refractivity contribution in [2.75, 3.05) is 0 Å². The van der Waals surface area contributed by atoms with Gasteiger partial charge in [-0.3, -0.25) is 4.79 Å². The second-order valence-corrected chi connectivity index (χ2v) is 5.33. The molecule has 0 saturated carbocycles. The molecule has 0 amide bonds. The zero-order chi connectivity index (χ0) is 14.0. The van der Waals surface area contributed by atoms with Crippen LogP contribution < -0.4 is 0 Å². The molecule has 2 aromatic carbocycles. The van der Waals surface area contributed by atoms with Crippen LogP contribution in [-0.4, -0.2) is 5.24 Å². The summed E-state index contributed by atoms with van der Waals surface area (Å²) >= 11 is 5.86. The molecule has 2 heteroatoms. The topological polar surface area (TPSA) is 17.1 Å². The van der Waals surface area contributed by atoms with E-state index >= 15 is 0 Å². The highest BCUT2D eigenvalue weighted by Crippen LogP contribution is 2.32. The average molecular weight is 273 g/mol. The van der Waals surface area contributed by atoms with Gasteiger partial charge < -0.3 is 0 Å². The third-order valence-corrected chi connectivity index (χ3v) is 3.60. The quantitative estimate of drug-likeness (QED) is 0.752. The maximum Gasteiger partial charge on any atom is 0.233 e. The van der Waals surface area contributed by atoms with E-state index in [1.165, 1.54) is 5.56 Å². The summed E-state index contributed by atoms with van der Waals surface area (Å²) in [5.41, 5.74) is 5.39. The molecule has 2 aromatic rings. The van der Waals surface area contributed by atoms with Crippen LogP contribution >= 0.6 is 11.6 Å². The Hall–Kier alpha value is -1.60. The van der Waals surface area contributed by atoms with Crippen molar-refractivity contribution in [1.29, 1.82) is 0 Å². The van der Waals surface area contributed by atoms with Gasteiger partial charge in [-0.25, -0.2) is 0 Å². The fourth-order valence-electron chi connectivity index (χ4n) is 2.70. The van der Waals surface area contributed by atoms with Gasteiger partial charge in [-0.15, -0.1) is 0 Å². The number of hydrogen-bond acceptors (Lipinski definition) is 1. The van der Waals surface area contributed by atoms with E-state index in [-0.39, 0.29) is 11.2 Å². The number of benzene rings is 2. The molecule has 0 N–H and O–H groups in total. The fraction of sp³-hybridized carbons (Fsp3) is 0.235. The molecule has 98 valence electrons. The van der Waals surface area contributed by atoms with Crippen molar-refractivity contribution < 1.29 is 4.79 Å². The maximum absolute atomic E-state index is 11.9. The minimum Gasteiger partial charge on any atom is -0.280 e. The molecule has 1 unspecified atom stereocenters. The average Bonchev–Trinajstić information content (AvgIpc) is 2.34. The molecule has 19 heavy (non-hydrogen) atoms. The third-order valence-electron chi connectivity index (χ3n) is 3.39. The molecule has 0 fully saturated rings. The molecule has 1 atom stereocenters. The Labute approximate surface area is 119 Å². The second kappa shape index (κ2) is 5.58. The lowest BCUT2D eigenvalue weighted by atomic mass is 9.85. The van der Waals surface area contributed by atoms with Gasteiger partial charge in [-0.05, 0) is 54.6 Å². The number of carbonyl (C=O) groups is 1. The first-order valence-electron chi connectivity index (χ1n) is 6.32. The minimum absolute atomic E-state index is 0.332. The highest BCUT2D eigenvalue weighted by molar-refractivity contribution is 6.65. The van der Waals surface area contributed by atoms with Crippen LogP contribution in [-0.2, 0) is 4.79 Å². The van der Waals surface area contributed by atoms with Crippen LogP contribution in [0, 0.1) is 20.8 Å². The van der Waals surface area contributed by atoms with E-state index < -0.39 is 0 Å². The summed E-state index contributed by atoms with van der Waals surface area (Å²) in [6.45, 7) is 6.13. The van der Waals surface area contributed by atoms with Crippen LogP contribution in [0.4, 0.5) is 0 Å². The number of aryl methyl sites for hydroxylation is 3. The van der Waals surface area contributed by atoms with E-state index in [1.807, 2.05) is 44.2 Å². The molecule has 1 nitrogen and oxygen atoms in total. The van der Waals surface area contributed by atoms with Crippen molar-refractivity contribution >= 4 is 16.8 Å². The summed E-state index contributed by atoms with van der Waals surface area (Å²) in [4.78, 5) is 11.9. The van der Waals surface area contributed by atoms with Crippen molar-refractivity contribution in [2.45, 2.75) is 26.7 Å². The molecule has 0 aliphatic heterocycles. The summed E-state index contributed by atoms with van der Waals surface area (Å²) in [5.74, 6) is -0.386. The Balaban J connectivity index is 2.62. The molecule has 0 aromatic heterocycles. The van der Waals surface area contributed by atoms with Gasteiger partial charge in [0.2, 0.25) is 5.24 Å². The van der Waals surface area contributed by atoms with Gasteiger partial charge >= 0.3 is 0 Å². The standard InChI is InChI=1S/C17H17ClO/c1-11-9-12(2)15(13(3)10-11)16(17(18)19)14-7-5-4-6-8-14/h4-10,16H,1-3H3. The van der Waals surface area contributed by atoms with E-state index in [1.54, 1.807) is 0 Å². The predicted molar refractivity (Wildman–Crippen MR) is 79.8 cm³/mol. The van der Waals surface area contributed by atoms with Crippen LogP contribution in [0.15, 0.2) is 42.5 Å². The molecule has 0 heterocycles. The lowest BCUT2D eigenvalue weighted by Crippen LogP contribution is -2.12. The van der Waals surface area contributed by atoms with Gasteiger partial charge in [0.05, 0.1) is 5.92 Å². The zero-order valence-electron chi connectivity index (χ0n) is 11.4. The SMILES string of the molecule is Cc1cc(C)c(C(C(=O)Cl)c2ccccc2)c(C)c1. The van der Waals surface area contributed by atoms with Crippen molar-refractivity contribution in [1.82, 2.24) is 0 Å². The molecule has 0 saturated heterocycles. The van der Waals surface area contributed by atoms with Gasteiger partial charge in [-0.2, -0.15) is 0 Å². The first-order chi connectivity index (χ1) is 9.00. The largest absolute Gasteiger partial charge is 0.280 e. The van der Waals surface area contributed by atoms with Crippen molar-refractivity contribution in [2.24, 2.45) is 0 Å². The second-order valence-electron chi connectivity index (χ2n) is 4.96. The predicted octanol–water partition coefficient (Wildman–Crippen LogP) is 4.51. The highest BCUT2D eigenvalue weighted by atomic mass is 35.5. The van der Waals surface area contributed by atoms with Crippen LogP contribution in [0.5, 0.6) is 0 Å². The zero-order valence-corrected chi connectivity index (χ0v) is 12.2. The monoisotopic (exact) mass is 272 g/mol. The fourth-order valence-corrected chi connectivity index (χ4v) is 2.94. The first kappa shape index (κ1) is 13.8. The van der Waals surface area contributed by atoms with Crippen LogP contribution in [0.1, 0.15) is 33.7 Å². The van der Waals surface area contributed by atoms with Crippen LogP contribution in [0.2, 0.25) is 0 Å². The molecular weight excluding hydrogens is 256 g/mol. The molecule has 2 rings (SSSR count). The summed E-state index contributed by atoms with van der Waals surface area (Å²) in [6, 6.07) is 13.9. The van der Waals surface area contributed by atoms with Gasteiger partial charge in [0.15, 0.2) is 0 Å². The van der Waals surface area contributed by atoms with Crippen molar-refractivity contribution in [3.05, 3.63) is 70.3 Å². The number of rotatable bonds is 3. The Morgan fingerprint density at radius 3 is 2.00 bits per heavy atom. The first-order valence-corrected chi connectivity index (χ1v) is 6.70. The third kappa shape index (κ3) is 2.87. The van der Waals surface area contributed by atoms with E-state index in [9.17, 15) is 4.79 Å². The summed E-state index contributed by atoms with van der Waals surface area (Å²) in [7, 11) is 0. The normalized spacial score (nSPS) is 12.2. The van der Waals surface area contributed by atoms with Crippen LogP contribution in [0.25, 0.3) is 0 Å². The number of hydrogen-bond donors (Lipinski definition) is 0. The Morgan fingerprint density at radius 2 is 1.53 bits per heavy atom. The molecule has 0 aliphatic rings. The Kier molecular flexibility index (Phi) is 4.06. The number of halogens is 1. The van der Waals surface area contributed by atoms with Gasteiger partial charge in [-0.1, -0.05) is 48.0 Å². The van der Waals surface area contributed by atoms with E-state index in [2.05, 4.69) is 19.1 Å². The van der Waals surface area contributed by atoms with Gasteiger partial charge in [0.1, 0.15) is 0 Å². The van der Waals surface area contributed by atoms with Gasteiger partial charge in [0, 0.05) is 0 Å². The molecule has 0 radical (unpaired) electrons. The molecular formula is C17H17ClO. The van der Waals surface area contributed by atoms with Gasteiger partial charge in [0.25, 0.3) is 0 Å². The summed E-state index contributed by atoms with van der Waals surface area (Å²) in [5, 5.41) is -0.332. The summed E-state index contributed by atoms with van der Waals surface area (Å²) in [6.07, 6.45) is 0. The lowest BCUT2D eigenvalue weighted by Gasteiger charge is -2.19. The van der Waals surface area contributed by atoms with Crippen molar-refractivity contribution in [3.63, 3.8) is 0 Å². The highest BCUT2D eigenvalue weighted by Gasteiger charge is 2.24. The van der Waals surface area contributed by atoms with E-state index in [0.717, 1.165) is 22.3 Å². The minimum atomic E-state index is -0.386. The van der Waals surface area contributed by atoms with E-state index in [0.29, 0.717) is 0 Å². The molecule has 0 bridgehead atoms. The molecule has 0 spiro atoms. The van der Waals surface area contributed by atoms with Crippen LogP contribution in [0.3, 0.4) is 0 Å². The molecule has 0 aliphatic carbocycles. The maximum atomic E-state index is 11.9. The summed E-state index contributed by atoms with van der Waals surface area (Å²) < 4.78 is 0. The smallest absolute Gasteiger partial charge is 0.233 e. The Morgan fingerprint density at radius 1 is 1.00 bits per heavy atom.